The standard InChI is InChI=1S/C12H18O2/c1-3-12(13)8-10-5-4-6-11(7-10)9-14-2/h4-7,12-13H,3,8-9H2,1-2H3/t12-/m0/s1. The van der Waals surface area contributed by atoms with Crippen molar-refractivity contribution in [2.45, 2.75) is 32.5 Å². The van der Waals surface area contributed by atoms with Crippen LogP contribution in [-0.2, 0) is 17.8 Å². The van der Waals surface area contributed by atoms with Gasteiger partial charge >= 0.3 is 0 Å². The summed E-state index contributed by atoms with van der Waals surface area (Å²) in [5.74, 6) is 0. The van der Waals surface area contributed by atoms with Crippen molar-refractivity contribution in [1.82, 2.24) is 0 Å². The number of benzene rings is 1. The molecular formula is C12H18O2. The van der Waals surface area contributed by atoms with Gasteiger partial charge in [0.25, 0.3) is 0 Å². The molecule has 0 bridgehead atoms. The van der Waals surface area contributed by atoms with Gasteiger partial charge in [-0.15, -0.1) is 0 Å². The highest BCUT2D eigenvalue weighted by Crippen LogP contribution is 2.09. The third-order valence-corrected chi connectivity index (χ3v) is 2.24. The Hall–Kier alpha value is -0.860. The molecule has 0 aliphatic rings. The molecular weight excluding hydrogens is 176 g/mol. The third kappa shape index (κ3) is 3.48. The van der Waals surface area contributed by atoms with Crippen molar-refractivity contribution in [1.29, 1.82) is 0 Å². The molecule has 78 valence electrons. The Labute approximate surface area is 85.5 Å². The first-order chi connectivity index (χ1) is 6.76. The molecule has 1 atom stereocenters. The fraction of sp³-hybridized carbons (Fsp3) is 0.500. The highest BCUT2D eigenvalue weighted by molar-refractivity contribution is 5.23. The normalized spacial score (nSPS) is 12.8. The number of aliphatic hydroxyl groups is 1. The van der Waals surface area contributed by atoms with E-state index >= 15 is 0 Å². The van der Waals surface area contributed by atoms with Crippen molar-refractivity contribution < 1.29 is 9.84 Å². The minimum absolute atomic E-state index is 0.229. The average molecular weight is 194 g/mol. The largest absolute Gasteiger partial charge is 0.393 e. The smallest absolute Gasteiger partial charge is 0.0713 e. The van der Waals surface area contributed by atoms with Crippen molar-refractivity contribution in [2.24, 2.45) is 0 Å². The second-order valence-corrected chi connectivity index (χ2v) is 3.52. The molecule has 2 heteroatoms. The lowest BCUT2D eigenvalue weighted by molar-refractivity contribution is 0.170. The Bertz CT molecular complexity index is 271. The summed E-state index contributed by atoms with van der Waals surface area (Å²) in [6.45, 7) is 2.62. The molecule has 2 nitrogen and oxygen atoms in total. The Morgan fingerprint density at radius 3 is 2.71 bits per heavy atom. The summed E-state index contributed by atoms with van der Waals surface area (Å²) in [5, 5.41) is 9.50. The van der Waals surface area contributed by atoms with Crippen LogP contribution in [0.2, 0.25) is 0 Å². The zero-order valence-corrected chi connectivity index (χ0v) is 8.86. The van der Waals surface area contributed by atoms with Crippen LogP contribution in [0.25, 0.3) is 0 Å². The van der Waals surface area contributed by atoms with Gasteiger partial charge < -0.3 is 9.84 Å². The van der Waals surface area contributed by atoms with E-state index in [-0.39, 0.29) is 6.10 Å². The van der Waals surface area contributed by atoms with Crippen LogP contribution in [0.15, 0.2) is 24.3 Å². The van der Waals surface area contributed by atoms with E-state index in [4.69, 9.17) is 4.74 Å². The summed E-state index contributed by atoms with van der Waals surface area (Å²) in [6, 6.07) is 8.16. The lowest BCUT2D eigenvalue weighted by Gasteiger charge is -2.08. The molecule has 1 N–H and O–H groups in total. The topological polar surface area (TPSA) is 29.5 Å². The molecule has 0 amide bonds. The van der Waals surface area contributed by atoms with Crippen LogP contribution in [-0.4, -0.2) is 18.3 Å². The van der Waals surface area contributed by atoms with Crippen LogP contribution in [0.4, 0.5) is 0 Å². The van der Waals surface area contributed by atoms with E-state index in [9.17, 15) is 5.11 Å². The van der Waals surface area contributed by atoms with Gasteiger partial charge in [0.05, 0.1) is 12.7 Å². The first kappa shape index (κ1) is 11.2. The van der Waals surface area contributed by atoms with Gasteiger partial charge in [0.2, 0.25) is 0 Å². The minimum Gasteiger partial charge on any atom is -0.393 e. The van der Waals surface area contributed by atoms with Gasteiger partial charge in [0.1, 0.15) is 0 Å². The Morgan fingerprint density at radius 2 is 2.07 bits per heavy atom. The van der Waals surface area contributed by atoms with Gasteiger partial charge in [-0.25, -0.2) is 0 Å². The first-order valence-corrected chi connectivity index (χ1v) is 5.01. The maximum absolute atomic E-state index is 9.50. The fourth-order valence-corrected chi connectivity index (χ4v) is 1.43. The van der Waals surface area contributed by atoms with Crippen LogP contribution in [0, 0.1) is 0 Å². The molecule has 14 heavy (non-hydrogen) atoms. The van der Waals surface area contributed by atoms with E-state index in [1.807, 2.05) is 25.1 Å². The second-order valence-electron chi connectivity index (χ2n) is 3.52. The summed E-state index contributed by atoms with van der Waals surface area (Å²) >= 11 is 0. The number of aliphatic hydroxyl groups excluding tert-OH is 1. The predicted octanol–water partition coefficient (Wildman–Crippen LogP) is 2.15. The van der Waals surface area contributed by atoms with E-state index < -0.39 is 0 Å². The number of ether oxygens (including phenoxy) is 1. The molecule has 0 aromatic heterocycles. The van der Waals surface area contributed by atoms with Crippen molar-refractivity contribution in [3.8, 4) is 0 Å². The van der Waals surface area contributed by atoms with Gasteiger partial charge in [-0.3, -0.25) is 0 Å². The summed E-state index contributed by atoms with van der Waals surface area (Å²) in [5.41, 5.74) is 2.34. The quantitative estimate of drug-likeness (QED) is 0.778. The lowest BCUT2D eigenvalue weighted by atomic mass is 10.0. The maximum Gasteiger partial charge on any atom is 0.0713 e. The Balaban J connectivity index is 2.63. The van der Waals surface area contributed by atoms with Gasteiger partial charge in [-0.1, -0.05) is 31.2 Å². The van der Waals surface area contributed by atoms with Crippen LogP contribution >= 0.6 is 0 Å². The van der Waals surface area contributed by atoms with Crippen LogP contribution in [0.3, 0.4) is 0 Å². The molecule has 1 aromatic carbocycles. The molecule has 1 rings (SSSR count). The monoisotopic (exact) mass is 194 g/mol. The van der Waals surface area contributed by atoms with Crippen molar-refractivity contribution in [2.75, 3.05) is 7.11 Å². The SMILES string of the molecule is CC[C@H](O)Cc1cccc(COC)c1. The molecule has 0 spiro atoms. The molecule has 0 unspecified atom stereocenters. The molecule has 0 heterocycles. The molecule has 0 aliphatic heterocycles. The zero-order valence-electron chi connectivity index (χ0n) is 8.86. The van der Waals surface area contributed by atoms with E-state index in [2.05, 4.69) is 6.07 Å². The number of hydrogen-bond acceptors (Lipinski definition) is 2. The predicted molar refractivity (Wildman–Crippen MR) is 57.2 cm³/mol. The molecule has 0 aliphatic carbocycles. The molecule has 0 saturated carbocycles. The maximum atomic E-state index is 9.50. The number of methoxy groups -OCH3 is 1. The minimum atomic E-state index is -0.229. The molecule has 1 aromatic rings. The van der Waals surface area contributed by atoms with Gasteiger partial charge in [-0.05, 0) is 24.0 Å². The first-order valence-electron chi connectivity index (χ1n) is 5.01. The fourth-order valence-electron chi connectivity index (χ4n) is 1.43. The number of rotatable bonds is 5. The van der Waals surface area contributed by atoms with Crippen molar-refractivity contribution >= 4 is 0 Å². The van der Waals surface area contributed by atoms with Crippen LogP contribution in [0.5, 0.6) is 0 Å². The summed E-state index contributed by atoms with van der Waals surface area (Å²) < 4.78 is 5.05. The van der Waals surface area contributed by atoms with Crippen LogP contribution in [0.1, 0.15) is 24.5 Å². The van der Waals surface area contributed by atoms with Crippen molar-refractivity contribution in [3.63, 3.8) is 0 Å². The van der Waals surface area contributed by atoms with Gasteiger partial charge in [-0.2, -0.15) is 0 Å². The molecule has 0 saturated heterocycles. The Kier molecular flexibility index (Phi) is 4.63. The van der Waals surface area contributed by atoms with E-state index in [1.54, 1.807) is 7.11 Å². The lowest BCUT2D eigenvalue weighted by Crippen LogP contribution is -2.08. The third-order valence-electron chi connectivity index (χ3n) is 2.24. The number of hydrogen-bond donors (Lipinski definition) is 1. The van der Waals surface area contributed by atoms with Gasteiger partial charge in [0, 0.05) is 7.11 Å². The average Bonchev–Trinajstić information content (AvgIpc) is 2.19. The Morgan fingerprint density at radius 1 is 1.36 bits per heavy atom. The summed E-state index contributed by atoms with van der Waals surface area (Å²) in [4.78, 5) is 0. The van der Waals surface area contributed by atoms with E-state index in [0.717, 1.165) is 18.4 Å². The molecule has 0 fully saturated rings. The summed E-state index contributed by atoms with van der Waals surface area (Å²) in [7, 11) is 1.69. The highest BCUT2D eigenvalue weighted by atomic mass is 16.5. The highest BCUT2D eigenvalue weighted by Gasteiger charge is 2.02. The van der Waals surface area contributed by atoms with E-state index in [0.29, 0.717) is 6.61 Å². The van der Waals surface area contributed by atoms with Crippen LogP contribution < -0.4 is 0 Å². The second kappa shape index (κ2) is 5.78. The zero-order chi connectivity index (χ0) is 10.4. The van der Waals surface area contributed by atoms with Crippen molar-refractivity contribution in [3.05, 3.63) is 35.4 Å². The van der Waals surface area contributed by atoms with E-state index in [1.165, 1.54) is 5.56 Å². The van der Waals surface area contributed by atoms with Gasteiger partial charge in [0.15, 0.2) is 0 Å². The summed E-state index contributed by atoms with van der Waals surface area (Å²) in [6.07, 6.45) is 1.30. The molecule has 0 radical (unpaired) electrons.